The molecule has 2 unspecified atom stereocenters. The topological polar surface area (TPSA) is 78.9 Å². The van der Waals surface area contributed by atoms with Gasteiger partial charge in [-0.15, -0.1) is 0 Å². The molecule has 0 aromatic rings. The number of esters is 3. The summed E-state index contributed by atoms with van der Waals surface area (Å²) in [5, 5.41) is 0. The predicted molar refractivity (Wildman–Crippen MR) is 289 cm³/mol. The number of unbranched alkanes of at least 4 members (excludes halogenated alkanes) is 38. The minimum absolute atomic E-state index is 0.0632. The fourth-order valence-electron chi connectivity index (χ4n) is 9.34. The normalized spacial score (nSPS) is 12.9. The van der Waals surface area contributed by atoms with Gasteiger partial charge in [-0.25, -0.2) is 0 Å². The first-order valence-corrected chi connectivity index (χ1v) is 30.3. The third-order valence-corrected chi connectivity index (χ3v) is 14.7. The smallest absolute Gasteiger partial charge is 0.306 e. The van der Waals surface area contributed by atoms with Crippen LogP contribution in [0.25, 0.3) is 0 Å². The molecule has 67 heavy (non-hydrogen) atoms. The van der Waals surface area contributed by atoms with Crippen molar-refractivity contribution < 1.29 is 28.6 Å². The Balaban J connectivity index is 4.21. The van der Waals surface area contributed by atoms with E-state index in [4.69, 9.17) is 14.2 Å². The maximum absolute atomic E-state index is 12.9. The maximum atomic E-state index is 12.9. The van der Waals surface area contributed by atoms with E-state index in [9.17, 15) is 14.4 Å². The Kier molecular flexibility index (Phi) is 52.5. The van der Waals surface area contributed by atoms with Crippen LogP contribution in [0.1, 0.15) is 343 Å². The van der Waals surface area contributed by atoms with Crippen molar-refractivity contribution in [3.8, 4) is 0 Å². The van der Waals surface area contributed by atoms with E-state index in [1.165, 1.54) is 231 Å². The van der Waals surface area contributed by atoms with Gasteiger partial charge in [-0.3, -0.25) is 14.4 Å². The second-order valence-electron chi connectivity index (χ2n) is 21.5. The Bertz CT molecular complexity index is 1030. The summed E-state index contributed by atoms with van der Waals surface area (Å²) in [4.78, 5) is 38.1. The molecule has 0 bridgehead atoms. The molecule has 0 aromatic heterocycles. The molecule has 0 aromatic carbocycles. The first-order valence-electron chi connectivity index (χ1n) is 30.3. The van der Waals surface area contributed by atoms with Crippen molar-refractivity contribution in [1.82, 2.24) is 0 Å². The number of carbonyl (C=O) groups excluding carboxylic acids is 3. The van der Waals surface area contributed by atoms with E-state index in [2.05, 4.69) is 34.6 Å². The number of hydrogen-bond donors (Lipinski definition) is 0. The Morgan fingerprint density at radius 1 is 0.299 bits per heavy atom. The minimum Gasteiger partial charge on any atom is -0.462 e. The Morgan fingerprint density at radius 2 is 0.522 bits per heavy atom. The van der Waals surface area contributed by atoms with Gasteiger partial charge in [-0.2, -0.15) is 0 Å². The third kappa shape index (κ3) is 52.1. The predicted octanol–water partition coefficient (Wildman–Crippen LogP) is 20.0. The summed E-state index contributed by atoms with van der Waals surface area (Å²) in [7, 11) is 0. The molecular weight excluding hydrogens is 829 g/mol. The van der Waals surface area contributed by atoms with Gasteiger partial charge < -0.3 is 14.2 Å². The summed E-state index contributed by atoms with van der Waals surface area (Å²) < 4.78 is 16.9. The number of hydrogen-bond acceptors (Lipinski definition) is 6. The Morgan fingerprint density at radius 3 is 0.776 bits per heavy atom. The molecule has 0 saturated carbocycles. The molecule has 0 aliphatic rings. The molecule has 0 N–H and O–H groups in total. The molecule has 398 valence electrons. The van der Waals surface area contributed by atoms with Crippen LogP contribution >= 0.6 is 0 Å². The van der Waals surface area contributed by atoms with Crippen LogP contribution in [-0.2, 0) is 28.6 Å². The quantitative estimate of drug-likeness (QED) is 0.0343. The third-order valence-electron chi connectivity index (χ3n) is 14.7. The molecule has 3 atom stereocenters. The first kappa shape index (κ1) is 65.4. The van der Waals surface area contributed by atoms with Crippen LogP contribution < -0.4 is 0 Å². The van der Waals surface area contributed by atoms with E-state index in [-0.39, 0.29) is 31.1 Å². The largest absolute Gasteiger partial charge is 0.462 e. The van der Waals surface area contributed by atoms with Crippen molar-refractivity contribution in [2.24, 2.45) is 11.8 Å². The summed E-state index contributed by atoms with van der Waals surface area (Å²) in [5.41, 5.74) is 0. The molecule has 0 aliphatic carbocycles. The van der Waals surface area contributed by atoms with Gasteiger partial charge in [0.2, 0.25) is 0 Å². The van der Waals surface area contributed by atoms with Crippen LogP contribution in [0, 0.1) is 11.8 Å². The van der Waals surface area contributed by atoms with Gasteiger partial charge in [0.15, 0.2) is 6.10 Å². The summed E-state index contributed by atoms with van der Waals surface area (Å²) >= 11 is 0. The van der Waals surface area contributed by atoms with Crippen molar-refractivity contribution in [3.05, 3.63) is 0 Å². The average Bonchev–Trinajstić information content (AvgIpc) is 3.33. The SMILES string of the molecule is CCCCCCCCCCCCCCCCCCCC(=O)OC[C@@H](COC(=O)CCCCCCCCC(C)CC)OC(=O)CCCCCCCCCCCCCCCCCCCCC(C)CC. The first-order chi connectivity index (χ1) is 32.8. The van der Waals surface area contributed by atoms with Crippen molar-refractivity contribution in [1.29, 1.82) is 0 Å². The average molecular weight is 948 g/mol. The summed E-state index contributed by atoms with van der Waals surface area (Å²) in [6.45, 7) is 11.4. The number of ether oxygens (including phenoxy) is 3. The van der Waals surface area contributed by atoms with E-state index in [0.29, 0.717) is 19.3 Å². The number of carbonyl (C=O) groups is 3. The van der Waals surface area contributed by atoms with E-state index in [0.717, 1.165) is 69.6 Å². The van der Waals surface area contributed by atoms with E-state index >= 15 is 0 Å². The molecule has 0 spiro atoms. The van der Waals surface area contributed by atoms with E-state index < -0.39 is 6.10 Å². The van der Waals surface area contributed by atoms with Gasteiger partial charge in [-0.1, -0.05) is 304 Å². The zero-order valence-corrected chi connectivity index (χ0v) is 46.0. The molecule has 0 aliphatic heterocycles. The molecule has 0 fully saturated rings. The monoisotopic (exact) mass is 947 g/mol. The van der Waals surface area contributed by atoms with Crippen LogP contribution in [-0.4, -0.2) is 37.2 Å². The lowest BCUT2D eigenvalue weighted by molar-refractivity contribution is -0.167. The summed E-state index contributed by atoms with van der Waals surface area (Å²) in [6.07, 6.45) is 58.2. The molecule has 0 rings (SSSR count). The maximum Gasteiger partial charge on any atom is 0.306 e. The minimum atomic E-state index is -0.763. The van der Waals surface area contributed by atoms with Crippen LogP contribution in [0.2, 0.25) is 0 Å². The lowest BCUT2D eigenvalue weighted by Gasteiger charge is -2.18. The Labute approximate surface area is 418 Å². The molecule has 6 heteroatoms. The molecule has 0 heterocycles. The molecule has 0 radical (unpaired) electrons. The van der Waals surface area contributed by atoms with Gasteiger partial charge >= 0.3 is 17.9 Å². The van der Waals surface area contributed by atoms with Crippen molar-refractivity contribution in [2.75, 3.05) is 13.2 Å². The molecule has 6 nitrogen and oxygen atoms in total. The molecule has 0 saturated heterocycles. The second-order valence-corrected chi connectivity index (χ2v) is 21.5. The zero-order valence-electron chi connectivity index (χ0n) is 46.0. The molecule has 0 amide bonds. The Hall–Kier alpha value is -1.59. The highest BCUT2D eigenvalue weighted by Gasteiger charge is 2.19. The van der Waals surface area contributed by atoms with Crippen LogP contribution in [0.5, 0.6) is 0 Å². The fourth-order valence-corrected chi connectivity index (χ4v) is 9.34. The summed E-state index contributed by atoms with van der Waals surface area (Å²) in [6, 6.07) is 0. The zero-order chi connectivity index (χ0) is 48.9. The van der Waals surface area contributed by atoms with Crippen molar-refractivity contribution in [3.63, 3.8) is 0 Å². The van der Waals surface area contributed by atoms with Gasteiger partial charge in [0.25, 0.3) is 0 Å². The number of rotatable bonds is 55. The highest BCUT2D eigenvalue weighted by atomic mass is 16.6. The van der Waals surface area contributed by atoms with Crippen LogP contribution in [0.3, 0.4) is 0 Å². The highest BCUT2D eigenvalue weighted by Crippen LogP contribution is 2.19. The summed E-state index contributed by atoms with van der Waals surface area (Å²) in [5.74, 6) is 0.883. The van der Waals surface area contributed by atoms with E-state index in [1.54, 1.807) is 0 Å². The van der Waals surface area contributed by atoms with Crippen molar-refractivity contribution >= 4 is 17.9 Å². The van der Waals surface area contributed by atoms with Gasteiger partial charge in [0, 0.05) is 19.3 Å². The van der Waals surface area contributed by atoms with Gasteiger partial charge in [0.05, 0.1) is 0 Å². The van der Waals surface area contributed by atoms with Crippen LogP contribution in [0.4, 0.5) is 0 Å². The van der Waals surface area contributed by atoms with Gasteiger partial charge in [-0.05, 0) is 31.1 Å². The highest BCUT2D eigenvalue weighted by molar-refractivity contribution is 5.71. The van der Waals surface area contributed by atoms with Gasteiger partial charge in [0.1, 0.15) is 13.2 Å². The lowest BCUT2D eigenvalue weighted by Crippen LogP contribution is -2.30. The second kappa shape index (κ2) is 53.8. The lowest BCUT2D eigenvalue weighted by atomic mass is 9.99. The van der Waals surface area contributed by atoms with Crippen molar-refractivity contribution in [2.45, 2.75) is 349 Å². The van der Waals surface area contributed by atoms with E-state index in [1.807, 2.05) is 0 Å². The fraction of sp³-hybridized carbons (Fsp3) is 0.951. The molecular formula is C61H118O6. The van der Waals surface area contributed by atoms with Crippen LogP contribution in [0.15, 0.2) is 0 Å². The standard InChI is InChI=1S/C61H118O6/c1-6-9-10-11-12-13-14-15-16-19-23-26-29-32-35-41-46-51-59(62)65-54-58(55-66-60(63)52-47-42-38-37-40-45-50-57(5)8-3)67-61(64)53-48-43-36-33-30-27-24-21-18-17-20-22-25-28-31-34-39-44-49-56(4)7-2/h56-58H,6-55H2,1-5H3/t56?,57?,58-/m0/s1.